The molecular weight excluding hydrogens is 314 g/mol. The van der Waals surface area contributed by atoms with Crippen molar-refractivity contribution in [3.63, 3.8) is 0 Å². The Balaban J connectivity index is 1.64. The van der Waals surface area contributed by atoms with Gasteiger partial charge in [0.05, 0.1) is 6.54 Å². The molecule has 3 aromatic rings. The molecule has 1 amide bonds. The van der Waals surface area contributed by atoms with E-state index in [-0.39, 0.29) is 5.91 Å². The van der Waals surface area contributed by atoms with Crippen LogP contribution < -0.4 is 5.32 Å². The first-order valence-corrected chi connectivity index (χ1v) is 8.17. The predicted molar refractivity (Wildman–Crippen MR) is 95.8 cm³/mol. The molecule has 0 aliphatic carbocycles. The molecule has 0 bridgehead atoms. The van der Waals surface area contributed by atoms with Crippen LogP contribution >= 0.6 is 0 Å². The van der Waals surface area contributed by atoms with Gasteiger partial charge >= 0.3 is 0 Å². The smallest absolute Gasteiger partial charge is 0.254 e. The molecule has 0 fully saturated rings. The van der Waals surface area contributed by atoms with Gasteiger partial charge in [0, 0.05) is 26.0 Å². The number of amides is 1. The molecule has 2 aromatic carbocycles. The van der Waals surface area contributed by atoms with Crippen molar-refractivity contribution in [1.29, 1.82) is 0 Å². The number of hydrogen-bond acceptors (Lipinski definition) is 3. The molecule has 0 saturated carbocycles. The first-order valence-electron chi connectivity index (χ1n) is 8.17. The van der Waals surface area contributed by atoms with Crippen LogP contribution in [0.1, 0.15) is 23.1 Å². The monoisotopic (exact) mass is 335 g/mol. The zero-order chi connectivity index (χ0) is 17.5. The lowest BCUT2D eigenvalue weighted by Gasteiger charge is -2.16. The van der Waals surface area contributed by atoms with Crippen LogP contribution in [-0.4, -0.2) is 22.6 Å². The van der Waals surface area contributed by atoms with Crippen molar-refractivity contribution < 1.29 is 9.53 Å². The molecule has 1 N–H and O–H groups in total. The molecule has 1 unspecified atom stereocenters. The molecule has 0 radical (unpaired) electrons. The fourth-order valence-corrected chi connectivity index (χ4v) is 2.71. The SMILES string of the molecule is COC(C(=O)NCc1nccn1Cc1ccccc1)c1ccccc1. The summed E-state index contributed by atoms with van der Waals surface area (Å²) < 4.78 is 7.38. The van der Waals surface area contributed by atoms with Gasteiger partial charge in [-0.25, -0.2) is 4.98 Å². The number of nitrogens with zero attached hydrogens (tertiary/aromatic N) is 2. The number of rotatable bonds is 7. The molecule has 1 heterocycles. The number of imidazole rings is 1. The first-order chi connectivity index (χ1) is 12.3. The van der Waals surface area contributed by atoms with Crippen molar-refractivity contribution in [2.75, 3.05) is 7.11 Å². The van der Waals surface area contributed by atoms with E-state index in [9.17, 15) is 4.79 Å². The number of aromatic nitrogens is 2. The van der Waals surface area contributed by atoms with Gasteiger partial charge in [0.25, 0.3) is 5.91 Å². The van der Waals surface area contributed by atoms with Gasteiger partial charge in [-0.2, -0.15) is 0 Å². The van der Waals surface area contributed by atoms with Crippen molar-refractivity contribution >= 4 is 5.91 Å². The molecule has 128 valence electrons. The van der Waals surface area contributed by atoms with Crippen LogP contribution in [0.4, 0.5) is 0 Å². The Bertz CT molecular complexity index is 800. The second-order valence-corrected chi connectivity index (χ2v) is 5.70. The van der Waals surface area contributed by atoms with Crippen molar-refractivity contribution in [2.24, 2.45) is 0 Å². The molecule has 3 rings (SSSR count). The Kier molecular flexibility index (Phi) is 5.59. The van der Waals surface area contributed by atoms with Gasteiger partial charge in [-0.3, -0.25) is 4.79 Å². The minimum Gasteiger partial charge on any atom is -0.367 e. The molecule has 0 aliphatic heterocycles. The Labute approximate surface area is 147 Å². The molecule has 1 atom stereocenters. The Morgan fingerprint density at radius 1 is 1.12 bits per heavy atom. The standard InChI is InChI=1S/C20H21N3O2/c1-25-19(17-10-6-3-7-11-17)20(24)22-14-18-21-12-13-23(18)15-16-8-4-2-5-9-16/h2-13,19H,14-15H2,1H3,(H,22,24). The number of methoxy groups -OCH3 is 1. The average molecular weight is 335 g/mol. The summed E-state index contributed by atoms with van der Waals surface area (Å²) in [5, 5.41) is 2.91. The van der Waals surface area contributed by atoms with Crippen LogP contribution in [0.5, 0.6) is 0 Å². The molecule has 25 heavy (non-hydrogen) atoms. The lowest BCUT2D eigenvalue weighted by atomic mass is 10.1. The lowest BCUT2D eigenvalue weighted by Crippen LogP contribution is -2.31. The third kappa shape index (κ3) is 4.33. The normalized spacial score (nSPS) is 11.9. The predicted octanol–water partition coefficient (Wildman–Crippen LogP) is 2.94. The maximum atomic E-state index is 12.5. The van der Waals surface area contributed by atoms with E-state index in [1.54, 1.807) is 6.20 Å². The van der Waals surface area contributed by atoms with Crippen LogP contribution in [-0.2, 0) is 22.6 Å². The summed E-state index contributed by atoms with van der Waals surface area (Å²) in [5.41, 5.74) is 2.02. The van der Waals surface area contributed by atoms with Gasteiger partial charge in [-0.05, 0) is 11.1 Å². The van der Waals surface area contributed by atoms with Gasteiger partial charge < -0.3 is 14.6 Å². The van der Waals surface area contributed by atoms with Crippen LogP contribution in [0.15, 0.2) is 73.1 Å². The summed E-state index contributed by atoms with van der Waals surface area (Å²) in [5.74, 6) is 0.628. The highest BCUT2D eigenvalue weighted by Crippen LogP contribution is 2.16. The van der Waals surface area contributed by atoms with E-state index in [2.05, 4.69) is 22.4 Å². The summed E-state index contributed by atoms with van der Waals surface area (Å²) >= 11 is 0. The van der Waals surface area contributed by atoms with E-state index in [1.165, 1.54) is 12.7 Å². The summed E-state index contributed by atoms with van der Waals surface area (Å²) in [6, 6.07) is 19.6. The second kappa shape index (κ2) is 8.26. The third-order valence-electron chi connectivity index (χ3n) is 3.99. The molecule has 0 saturated heterocycles. The zero-order valence-electron chi connectivity index (χ0n) is 14.1. The van der Waals surface area contributed by atoms with Gasteiger partial charge in [-0.1, -0.05) is 60.7 Å². The van der Waals surface area contributed by atoms with Gasteiger partial charge in [0.2, 0.25) is 0 Å². The highest BCUT2D eigenvalue weighted by Gasteiger charge is 2.19. The van der Waals surface area contributed by atoms with E-state index in [0.717, 1.165) is 17.9 Å². The number of benzene rings is 2. The fourth-order valence-electron chi connectivity index (χ4n) is 2.71. The minimum absolute atomic E-state index is 0.178. The summed E-state index contributed by atoms with van der Waals surface area (Å²) in [7, 11) is 1.54. The van der Waals surface area contributed by atoms with Gasteiger partial charge in [0.1, 0.15) is 5.82 Å². The van der Waals surface area contributed by atoms with E-state index in [0.29, 0.717) is 6.54 Å². The quantitative estimate of drug-likeness (QED) is 0.722. The number of hydrogen-bond donors (Lipinski definition) is 1. The highest BCUT2D eigenvalue weighted by atomic mass is 16.5. The second-order valence-electron chi connectivity index (χ2n) is 5.70. The fraction of sp³-hybridized carbons (Fsp3) is 0.200. The summed E-state index contributed by atoms with van der Waals surface area (Å²) in [6.45, 7) is 1.07. The van der Waals surface area contributed by atoms with E-state index in [1.807, 2.05) is 59.3 Å². The van der Waals surface area contributed by atoms with Crippen molar-refractivity contribution in [2.45, 2.75) is 19.2 Å². The van der Waals surface area contributed by atoms with Crippen LogP contribution in [0.3, 0.4) is 0 Å². The number of carbonyl (C=O) groups is 1. The number of nitrogens with one attached hydrogen (secondary N) is 1. The Morgan fingerprint density at radius 2 is 1.80 bits per heavy atom. The lowest BCUT2D eigenvalue weighted by molar-refractivity contribution is -0.131. The van der Waals surface area contributed by atoms with Crippen LogP contribution in [0.2, 0.25) is 0 Å². The van der Waals surface area contributed by atoms with Crippen molar-refractivity contribution in [3.8, 4) is 0 Å². The highest BCUT2D eigenvalue weighted by molar-refractivity contribution is 5.82. The minimum atomic E-state index is -0.626. The van der Waals surface area contributed by atoms with E-state index >= 15 is 0 Å². The van der Waals surface area contributed by atoms with E-state index in [4.69, 9.17) is 4.74 Å². The maximum Gasteiger partial charge on any atom is 0.254 e. The maximum absolute atomic E-state index is 12.5. The van der Waals surface area contributed by atoms with Gasteiger partial charge in [-0.15, -0.1) is 0 Å². The summed E-state index contributed by atoms with van der Waals surface area (Å²) in [4.78, 5) is 16.8. The largest absolute Gasteiger partial charge is 0.367 e. The van der Waals surface area contributed by atoms with Crippen LogP contribution in [0, 0.1) is 0 Å². The zero-order valence-corrected chi connectivity index (χ0v) is 14.1. The number of ether oxygens (including phenoxy) is 1. The molecular formula is C20H21N3O2. The average Bonchev–Trinajstić information content (AvgIpc) is 3.09. The molecule has 5 nitrogen and oxygen atoms in total. The molecule has 0 aliphatic rings. The van der Waals surface area contributed by atoms with Crippen molar-refractivity contribution in [3.05, 3.63) is 90.0 Å². The molecule has 0 spiro atoms. The third-order valence-corrected chi connectivity index (χ3v) is 3.99. The van der Waals surface area contributed by atoms with Crippen LogP contribution in [0.25, 0.3) is 0 Å². The molecule has 5 heteroatoms. The Hall–Kier alpha value is -2.92. The topological polar surface area (TPSA) is 56.1 Å². The first kappa shape index (κ1) is 16.9. The number of carbonyl (C=O) groups excluding carboxylic acids is 1. The molecule has 1 aromatic heterocycles. The van der Waals surface area contributed by atoms with Gasteiger partial charge in [0.15, 0.2) is 6.10 Å². The Morgan fingerprint density at radius 3 is 2.48 bits per heavy atom. The van der Waals surface area contributed by atoms with Crippen molar-refractivity contribution in [1.82, 2.24) is 14.9 Å². The van der Waals surface area contributed by atoms with E-state index < -0.39 is 6.10 Å². The summed E-state index contributed by atoms with van der Waals surface area (Å²) in [6.07, 6.45) is 3.04.